The summed E-state index contributed by atoms with van der Waals surface area (Å²) in [5, 5.41) is 3.47. The molecule has 0 radical (unpaired) electrons. The lowest BCUT2D eigenvalue weighted by Gasteiger charge is -2.13. The van der Waals surface area contributed by atoms with Crippen LogP contribution in [-0.4, -0.2) is 19.2 Å². The van der Waals surface area contributed by atoms with E-state index in [1.807, 2.05) is 24.3 Å². The van der Waals surface area contributed by atoms with Gasteiger partial charge in [-0.3, -0.25) is 4.98 Å². The Kier molecular flexibility index (Phi) is 7.41. The zero-order valence-electron chi connectivity index (χ0n) is 16.4. The molecule has 28 heavy (non-hydrogen) atoms. The van der Waals surface area contributed by atoms with Gasteiger partial charge in [-0.1, -0.05) is 30.3 Å². The van der Waals surface area contributed by atoms with Gasteiger partial charge in [0.2, 0.25) is 0 Å². The van der Waals surface area contributed by atoms with Gasteiger partial charge in [0.1, 0.15) is 6.61 Å². The van der Waals surface area contributed by atoms with Crippen LogP contribution in [0.3, 0.4) is 0 Å². The molecule has 0 fully saturated rings. The minimum Gasteiger partial charge on any atom is -0.493 e. The topological polar surface area (TPSA) is 52.6 Å². The predicted octanol–water partition coefficient (Wildman–Crippen LogP) is 4.11. The van der Waals surface area contributed by atoms with Gasteiger partial charge in [-0.2, -0.15) is 0 Å². The summed E-state index contributed by atoms with van der Waals surface area (Å²) in [4.78, 5) is 4.02. The Bertz CT molecular complexity index is 869. The molecule has 1 N–H and O–H groups in total. The molecule has 5 heteroatoms. The molecule has 0 aliphatic rings. The van der Waals surface area contributed by atoms with Crippen molar-refractivity contribution in [1.82, 2.24) is 10.3 Å². The second kappa shape index (κ2) is 10.4. The van der Waals surface area contributed by atoms with Crippen molar-refractivity contribution < 1.29 is 14.2 Å². The molecule has 0 atom stereocenters. The van der Waals surface area contributed by atoms with E-state index in [1.165, 1.54) is 11.1 Å². The largest absolute Gasteiger partial charge is 0.493 e. The first-order valence-electron chi connectivity index (χ1n) is 9.24. The summed E-state index contributed by atoms with van der Waals surface area (Å²) in [5.74, 6) is 1.46. The Morgan fingerprint density at radius 2 is 1.50 bits per heavy atom. The highest BCUT2D eigenvalue weighted by atomic mass is 16.5. The summed E-state index contributed by atoms with van der Waals surface area (Å²) in [6.07, 6.45) is 3.52. The molecular formula is C23H26N2O3. The van der Waals surface area contributed by atoms with Crippen LogP contribution in [0.15, 0.2) is 67.0 Å². The zero-order chi connectivity index (χ0) is 19.6. The monoisotopic (exact) mass is 378 g/mol. The molecule has 0 saturated carbocycles. The van der Waals surface area contributed by atoms with Gasteiger partial charge < -0.3 is 19.5 Å². The minimum absolute atomic E-state index is 0.480. The van der Waals surface area contributed by atoms with Gasteiger partial charge in [-0.05, 0) is 46.5 Å². The van der Waals surface area contributed by atoms with E-state index in [0.717, 1.165) is 35.7 Å². The Morgan fingerprint density at radius 3 is 2.25 bits per heavy atom. The molecule has 0 unspecified atom stereocenters. The van der Waals surface area contributed by atoms with Crippen LogP contribution in [0.1, 0.15) is 22.3 Å². The molecule has 5 nitrogen and oxygen atoms in total. The van der Waals surface area contributed by atoms with E-state index in [9.17, 15) is 0 Å². The fraction of sp³-hybridized carbons (Fsp3) is 0.261. The summed E-state index contributed by atoms with van der Waals surface area (Å²) in [7, 11) is 3.37. The van der Waals surface area contributed by atoms with Gasteiger partial charge in [0.05, 0.1) is 13.7 Å². The molecule has 1 heterocycles. The molecule has 0 aliphatic heterocycles. The van der Waals surface area contributed by atoms with E-state index in [0.29, 0.717) is 13.2 Å². The third kappa shape index (κ3) is 5.81. The van der Waals surface area contributed by atoms with Crippen LogP contribution in [0.2, 0.25) is 0 Å². The van der Waals surface area contributed by atoms with Crippen molar-refractivity contribution in [2.75, 3.05) is 14.2 Å². The van der Waals surface area contributed by atoms with Crippen LogP contribution < -0.4 is 14.8 Å². The van der Waals surface area contributed by atoms with Crippen molar-refractivity contribution >= 4 is 0 Å². The smallest absolute Gasteiger partial charge is 0.161 e. The van der Waals surface area contributed by atoms with Crippen LogP contribution >= 0.6 is 0 Å². The molecule has 0 aliphatic carbocycles. The molecule has 3 rings (SSSR count). The summed E-state index contributed by atoms with van der Waals surface area (Å²) >= 11 is 0. The Morgan fingerprint density at radius 1 is 0.750 bits per heavy atom. The number of ether oxygens (including phenoxy) is 3. The van der Waals surface area contributed by atoms with Crippen LogP contribution in [0.4, 0.5) is 0 Å². The Labute approximate surface area is 166 Å². The Hall–Kier alpha value is -2.89. The van der Waals surface area contributed by atoms with E-state index < -0.39 is 0 Å². The molecule has 2 aromatic carbocycles. The molecule has 0 spiro atoms. The van der Waals surface area contributed by atoms with E-state index >= 15 is 0 Å². The van der Waals surface area contributed by atoms with Crippen molar-refractivity contribution in [3.05, 3.63) is 89.2 Å². The lowest BCUT2D eigenvalue weighted by atomic mass is 10.1. The van der Waals surface area contributed by atoms with Crippen LogP contribution in [0, 0.1) is 0 Å². The third-order valence-corrected chi connectivity index (χ3v) is 4.33. The minimum atomic E-state index is 0.480. The number of nitrogens with one attached hydrogen (secondary N) is 1. The SMILES string of the molecule is COCc1cccc(CNCc2ccc(OCc3ccncc3)c(OC)c2)c1. The first kappa shape index (κ1) is 19.9. The lowest BCUT2D eigenvalue weighted by molar-refractivity contribution is 0.185. The number of aromatic nitrogens is 1. The number of hydrogen-bond acceptors (Lipinski definition) is 5. The van der Waals surface area contributed by atoms with Crippen molar-refractivity contribution in [3.63, 3.8) is 0 Å². The molecule has 1 aromatic heterocycles. The molecule has 3 aromatic rings. The van der Waals surface area contributed by atoms with E-state index in [1.54, 1.807) is 26.6 Å². The third-order valence-electron chi connectivity index (χ3n) is 4.33. The average molecular weight is 378 g/mol. The first-order chi connectivity index (χ1) is 13.8. The van der Waals surface area contributed by atoms with Gasteiger partial charge in [0.25, 0.3) is 0 Å². The summed E-state index contributed by atoms with van der Waals surface area (Å²) in [6.45, 7) is 2.65. The van der Waals surface area contributed by atoms with Gasteiger partial charge >= 0.3 is 0 Å². The number of nitrogens with zero attached hydrogens (tertiary/aromatic N) is 1. The standard InChI is InChI=1S/C23H26N2O3/c1-26-16-21-5-3-4-19(12-21)14-25-15-20-6-7-22(23(13-20)27-2)28-17-18-8-10-24-11-9-18/h3-13,25H,14-17H2,1-2H3. The second-order valence-electron chi connectivity index (χ2n) is 6.49. The zero-order valence-corrected chi connectivity index (χ0v) is 16.4. The normalized spacial score (nSPS) is 10.6. The fourth-order valence-electron chi connectivity index (χ4n) is 2.93. The quantitative estimate of drug-likeness (QED) is 0.575. The van der Waals surface area contributed by atoms with Gasteiger partial charge in [-0.15, -0.1) is 0 Å². The van der Waals surface area contributed by atoms with Crippen molar-refractivity contribution in [2.45, 2.75) is 26.3 Å². The molecule has 0 amide bonds. The average Bonchev–Trinajstić information content (AvgIpc) is 2.74. The highest BCUT2D eigenvalue weighted by molar-refractivity contribution is 5.43. The van der Waals surface area contributed by atoms with Crippen LogP contribution in [0.25, 0.3) is 0 Å². The van der Waals surface area contributed by atoms with Gasteiger partial charge in [0.15, 0.2) is 11.5 Å². The predicted molar refractivity (Wildman–Crippen MR) is 109 cm³/mol. The first-order valence-corrected chi connectivity index (χ1v) is 9.24. The number of hydrogen-bond donors (Lipinski definition) is 1. The summed E-state index contributed by atoms with van der Waals surface area (Å²) < 4.78 is 16.6. The number of methoxy groups -OCH3 is 2. The summed E-state index contributed by atoms with van der Waals surface area (Å²) in [6, 6.07) is 18.3. The van der Waals surface area contributed by atoms with E-state index in [4.69, 9.17) is 14.2 Å². The maximum atomic E-state index is 5.89. The highest BCUT2D eigenvalue weighted by Crippen LogP contribution is 2.28. The highest BCUT2D eigenvalue weighted by Gasteiger charge is 2.06. The molecule has 146 valence electrons. The van der Waals surface area contributed by atoms with E-state index in [-0.39, 0.29) is 0 Å². The molecule has 0 bridgehead atoms. The molecule has 0 saturated heterocycles. The number of benzene rings is 2. The van der Waals surface area contributed by atoms with E-state index in [2.05, 4.69) is 40.6 Å². The number of pyridine rings is 1. The Balaban J connectivity index is 1.55. The second-order valence-corrected chi connectivity index (χ2v) is 6.49. The number of rotatable bonds is 10. The fourth-order valence-corrected chi connectivity index (χ4v) is 2.93. The lowest BCUT2D eigenvalue weighted by Crippen LogP contribution is -2.13. The van der Waals surface area contributed by atoms with Crippen LogP contribution in [-0.2, 0) is 31.0 Å². The van der Waals surface area contributed by atoms with Crippen molar-refractivity contribution in [1.29, 1.82) is 0 Å². The van der Waals surface area contributed by atoms with Crippen molar-refractivity contribution in [3.8, 4) is 11.5 Å². The van der Waals surface area contributed by atoms with Gasteiger partial charge in [-0.25, -0.2) is 0 Å². The van der Waals surface area contributed by atoms with Crippen LogP contribution in [0.5, 0.6) is 11.5 Å². The summed E-state index contributed by atoms with van der Waals surface area (Å²) in [5.41, 5.74) is 4.62. The van der Waals surface area contributed by atoms with Gasteiger partial charge in [0, 0.05) is 32.6 Å². The van der Waals surface area contributed by atoms with Crippen molar-refractivity contribution in [2.24, 2.45) is 0 Å². The maximum Gasteiger partial charge on any atom is 0.161 e. The maximum absolute atomic E-state index is 5.89. The molecular weight excluding hydrogens is 352 g/mol.